The smallest absolute Gasteiger partial charge is 0.231 e. The monoisotopic (exact) mass is 290 g/mol. The maximum atomic E-state index is 6.06. The molecule has 0 aliphatic rings. The van der Waals surface area contributed by atoms with Gasteiger partial charge in [-0.15, -0.1) is 11.3 Å². The molecule has 0 aliphatic carbocycles. The highest BCUT2D eigenvalue weighted by Gasteiger charge is 2.19. The lowest BCUT2D eigenvalue weighted by molar-refractivity contribution is 0.439. The number of aryl methyl sites for hydroxylation is 1. The highest BCUT2D eigenvalue weighted by molar-refractivity contribution is 7.13. The van der Waals surface area contributed by atoms with E-state index in [4.69, 9.17) is 21.9 Å². The Morgan fingerprint density at radius 3 is 2.89 bits per heavy atom. The molecule has 0 amide bonds. The molecule has 0 aliphatic heterocycles. The van der Waals surface area contributed by atoms with Gasteiger partial charge in [0.1, 0.15) is 5.69 Å². The minimum absolute atomic E-state index is 0.330. The molecule has 3 aromatic rings. The van der Waals surface area contributed by atoms with E-state index in [-0.39, 0.29) is 0 Å². The normalized spacial score (nSPS) is 10.8. The van der Waals surface area contributed by atoms with Gasteiger partial charge in [-0.05, 0) is 36.1 Å². The van der Waals surface area contributed by atoms with Crippen LogP contribution >= 0.6 is 22.9 Å². The number of halogens is 1. The van der Waals surface area contributed by atoms with Crippen LogP contribution in [0.25, 0.3) is 21.7 Å². The number of nitrogens with two attached hydrogens (primary N) is 1. The summed E-state index contributed by atoms with van der Waals surface area (Å²) in [6.45, 7) is 2.01. The van der Waals surface area contributed by atoms with E-state index >= 15 is 0 Å². The lowest BCUT2D eigenvalue weighted by Gasteiger charge is -2.05. The summed E-state index contributed by atoms with van der Waals surface area (Å²) >= 11 is 7.66. The summed E-state index contributed by atoms with van der Waals surface area (Å²) in [5.74, 6) is 0.330. The molecule has 0 saturated heterocycles. The summed E-state index contributed by atoms with van der Waals surface area (Å²) in [4.78, 5) is 1.04. The molecule has 0 atom stereocenters. The van der Waals surface area contributed by atoms with Gasteiger partial charge in [-0.2, -0.15) is 0 Å². The van der Waals surface area contributed by atoms with Crippen LogP contribution in [0, 0.1) is 6.92 Å². The molecule has 0 spiro atoms. The van der Waals surface area contributed by atoms with Crippen molar-refractivity contribution in [2.24, 2.45) is 0 Å². The molecule has 19 heavy (non-hydrogen) atoms. The summed E-state index contributed by atoms with van der Waals surface area (Å²) in [5, 5.41) is 6.75. The third kappa shape index (κ3) is 2.13. The Labute approximate surface area is 119 Å². The first-order chi connectivity index (χ1) is 9.16. The SMILES string of the molecule is Cc1ccc(Cl)cc1-c1noc(N)c1-c1cccs1. The third-order valence-corrected chi connectivity index (χ3v) is 4.06. The van der Waals surface area contributed by atoms with Gasteiger partial charge in [0.25, 0.3) is 0 Å². The van der Waals surface area contributed by atoms with Crippen molar-refractivity contribution in [3.05, 3.63) is 46.3 Å². The first-order valence-corrected chi connectivity index (χ1v) is 6.98. The Morgan fingerprint density at radius 1 is 1.32 bits per heavy atom. The predicted molar refractivity (Wildman–Crippen MR) is 79.4 cm³/mol. The standard InChI is InChI=1S/C14H11ClN2OS/c1-8-4-5-9(15)7-10(8)13-12(14(16)18-17-13)11-3-2-6-19-11/h2-7H,16H2,1H3. The van der Waals surface area contributed by atoms with Gasteiger partial charge >= 0.3 is 0 Å². The van der Waals surface area contributed by atoms with Crippen molar-refractivity contribution < 1.29 is 4.52 Å². The molecule has 0 fully saturated rings. The second-order valence-electron chi connectivity index (χ2n) is 4.21. The van der Waals surface area contributed by atoms with Crippen LogP contribution in [0.2, 0.25) is 5.02 Å². The van der Waals surface area contributed by atoms with E-state index in [2.05, 4.69) is 5.16 Å². The minimum Gasteiger partial charge on any atom is -0.367 e. The fourth-order valence-corrected chi connectivity index (χ4v) is 2.94. The number of benzene rings is 1. The molecule has 2 N–H and O–H groups in total. The van der Waals surface area contributed by atoms with Crippen molar-refractivity contribution in [1.29, 1.82) is 0 Å². The number of nitrogen functional groups attached to an aromatic ring is 1. The zero-order valence-corrected chi connectivity index (χ0v) is 11.8. The van der Waals surface area contributed by atoms with Crippen LogP contribution in [-0.2, 0) is 0 Å². The average molecular weight is 291 g/mol. The highest BCUT2D eigenvalue weighted by atomic mass is 35.5. The van der Waals surface area contributed by atoms with Crippen molar-refractivity contribution in [2.45, 2.75) is 6.92 Å². The van der Waals surface area contributed by atoms with Gasteiger partial charge in [-0.3, -0.25) is 0 Å². The summed E-state index contributed by atoms with van der Waals surface area (Å²) in [5.41, 5.74) is 9.49. The number of hydrogen-bond donors (Lipinski definition) is 1. The van der Waals surface area contributed by atoms with Crippen molar-refractivity contribution in [3.63, 3.8) is 0 Å². The Balaban J connectivity index is 2.24. The van der Waals surface area contributed by atoms with Gasteiger partial charge in [0, 0.05) is 15.5 Å². The number of thiophene rings is 1. The van der Waals surface area contributed by atoms with E-state index < -0.39 is 0 Å². The molecule has 0 radical (unpaired) electrons. The molecule has 0 bridgehead atoms. The Morgan fingerprint density at radius 2 is 2.16 bits per heavy atom. The number of anilines is 1. The number of aromatic nitrogens is 1. The first-order valence-electron chi connectivity index (χ1n) is 5.72. The van der Waals surface area contributed by atoms with Crippen LogP contribution in [0.5, 0.6) is 0 Å². The molecular formula is C14H11ClN2OS. The average Bonchev–Trinajstić information content (AvgIpc) is 3.01. The molecule has 0 saturated carbocycles. The first kappa shape index (κ1) is 12.3. The number of rotatable bonds is 2. The second kappa shape index (κ2) is 4.72. The maximum Gasteiger partial charge on any atom is 0.231 e. The van der Waals surface area contributed by atoms with Crippen LogP contribution in [0.1, 0.15) is 5.56 Å². The molecule has 2 heterocycles. The molecule has 0 unspecified atom stereocenters. The fourth-order valence-electron chi connectivity index (χ4n) is 1.99. The van der Waals surface area contributed by atoms with Crippen LogP contribution in [0.4, 0.5) is 5.88 Å². The van der Waals surface area contributed by atoms with E-state index in [9.17, 15) is 0 Å². The molecule has 96 valence electrons. The van der Waals surface area contributed by atoms with Gasteiger partial charge in [-0.25, -0.2) is 0 Å². The van der Waals surface area contributed by atoms with Crippen LogP contribution in [0.15, 0.2) is 40.2 Å². The van der Waals surface area contributed by atoms with E-state index in [1.165, 1.54) is 0 Å². The van der Waals surface area contributed by atoms with Gasteiger partial charge < -0.3 is 10.3 Å². The van der Waals surface area contributed by atoms with Crippen LogP contribution < -0.4 is 5.73 Å². The van der Waals surface area contributed by atoms with Crippen LogP contribution in [-0.4, -0.2) is 5.16 Å². The lowest BCUT2D eigenvalue weighted by atomic mass is 10.0. The molecular weight excluding hydrogens is 280 g/mol. The third-order valence-electron chi connectivity index (χ3n) is 2.94. The minimum atomic E-state index is 0.330. The van der Waals surface area contributed by atoms with Crippen molar-refractivity contribution >= 4 is 28.8 Å². The highest BCUT2D eigenvalue weighted by Crippen LogP contribution is 2.40. The molecule has 5 heteroatoms. The molecule has 3 nitrogen and oxygen atoms in total. The number of nitrogens with zero attached hydrogens (tertiary/aromatic N) is 1. The van der Waals surface area contributed by atoms with E-state index in [0.29, 0.717) is 10.9 Å². The van der Waals surface area contributed by atoms with Gasteiger partial charge in [0.05, 0.1) is 5.56 Å². The molecule has 1 aromatic carbocycles. The van der Waals surface area contributed by atoms with Gasteiger partial charge in [0.2, 0.25) is 5.88 Å². The lowest BCUT2D eigenvalue weighted by Crippen LogP contribution is -1.88. The number of hydrogen-bond acceptors (Lipinski definition) is 4. The zero-order valence-electron chi connectivity index (χ0n) is 10.2. The topological polar surface area (TPSA) is 52.0 Å². The van der Waals surface area contributed by atoms with Gasteiger partial charge in [-0.1, -0.05) is 28.9 Å². The quantitative estimate of drug-likeness (QED) is 0.749. The summed E-state index contributed by atoms with van der Waals surface area (Å²) in [6, 6.07) is 9.67. The van der Waals surface area contributed by atoms with Gasteiger partial charge in [0.15, 0.2) is 0 Å². The summed E-state index contributed by atoms with van der Waals surface area (Å²) in [7, 11) is 0. The second-order valence-corrected chi connectivity index (χ2v) is 5.59. The van der Waals surface area contributed by atoms with E-state index in [1.54, 1.807) is 11.3 Å². The zero-order chi connectivity index (χ0) is 13.4. The van der Waals surface area contributed by atoms with Crippen molar-refractivity contribution in [1.82, 2.24) is 5.16 Å². The summed E-state index contributed by atoms with van der Waals surface area (Å²) < 4.78 is 5.16. The van der Waals surface area contributed by atoms with Crippen molar-refractivity contribution in [3.8, 4) is 21.7 Å². The van der Waals surface area contributed by atoms with E-state index in [1.807, 2.05) is 42.6 Å². The van der Waals surface area contributed by atoms with Crippen molar-refractivity contribution in [2.75, 3.05) is 5.73 Å². The Hall–Kier alpha value is -1.78. The van der Waals surface area contributed by atoms with Crippen LogP contribution in [0.3, 0.4) is 0 Å². The molecule has 3 rings (SSSR count). The molecule has 2 aromatic heterocycles. The Bertz CT molecular complexity index is 719. The predicted octanol–water partition coefficient (Wildman–Crippen LogP) is 4.61. The summed E-state index contributed by atoms with van der Waals surface area (Å²) in [6.07, 6.45) is 0. The fraction of sp³-hybridized carbons (Fsp3) is 0.0714. The van der Waals surface area contributed by atoms with E-state index in [0.717, 1.165) is 27.3 Å². The maximum absolute atomic E-state index is 6.06. The Kier molecular flexibility index (Phi) is 3.05. The largest absolute Gasteiger partial charge is 0.367 e.